The summed E-state index contributed by atoms with van der Waals surface area (Å²) in [6, 6.07) is 16.7. The second-order valence-corrected chi connectivity index (χ2v) is 11.0. The number of fused-ring (bicyclic) bond motifs is 6. The Hall–Kier alpha value is -3.02. The first-order valence-electron chi connectivity index (χ1n) is 12.3. The number of hydrogen-bond acceptors (Lipinski definition) is 4. The van der Waals surface area contributed by atoms with Gasteiger partial charge in [-0.25, -0.2) is 9.59 Å². The van der Waals surface area contributed by atoms with E-state index in [0.29, 0.717) is 13.1 Å². The van der Waals surface area contributed by atoms with E-state index in [4.69, 9.17) is 9.47 Å². The molecular weight excluding hydrogens is 428 g/mol. The number of ether oxygens (including phenoxy) is 2. The normalized spacial score (nSPS) is 35.8. The summed E-state index contributed by atoms with van der Waals surface area (Å²) in [6.07, 6.45) is 2.69. The summed E-state index contributed by atoms with van der Waals surface area (Å²) in [7, 11) is 0. The lowest BCUT2D eigenvalue weighted by molar-refractivity contribution is -0.0179. The molecule has 6 rings (SSSR count). The van der Waals surface area contributed by atoms with E-state index < -0.39 is 22.3 Å². The van der Waals surface area contributed by atoms with Crippen LogP contribution in [0, 0.1) is 0 Å². The molecule has 2 saturated heterocycles. The first-order valence-corrected chi connectivity index (χ1v) is 12.3. The van der Waals surface area contributed by atoms with Crippen LogP contribution in [0.4, 0.5) is 9.59 Å². The molecule has 2 fully saturated rings. The zero-order valence-corrected chi connectivity index (χ0v) is 20.4. The van der Waals surface area contributed by atoms with Gasteiger partial charge in [0.1, 0.15) is 22.3 Å². The van der Waals surface area contributed by atoms with Gasteiger partial charge in [0.05, 0.1) is 0 Å². The van der Waals surface area contributed by atoms with Gasteiger partial charge >= 0.3 is 12.2 Å². The minimum Gasteiger partial charge on any atom is -0.440 e. The van der Waals surface area contributed by atoms with Crippen molar-refractivity contribution < 1.29 is 19.1 Å². The Morgan fingerprint density at radius 3 is 1.47 bits per heavy atom. The number of benzene rings is 2. The fourth-order valence-corrected chi connectivity index (χ4v) is 7.08. The molecule has 2 amide bonds. The maximum Gasteiger partial charge on any atom is 0.411 e. The molecule has 34 heavy (non-hydrogen) atoms. The Balaban J connectivity index is 1.37. The molecule has 2 aromatic carbocycles. The summed E-state index contributed by atoms with van der Waals surface area (Å²) >= 11 is 0. The third-order valence-corrected chi connectivity index (χ3v) is 9.58. The lowest BCUT2D eigenvalue weighted by atomic mass is 9.67. The smallest absolute Gasteiger partial charge is 0.411 e. The number of carbonyl (C=O) groups is 2. The van der Waals surface area contributed by atoms with E-state index >= 15 is 0 Å². The number of amides is 2. The van der Waals surface area contributed by atoms with E-state index in [1.807, 2.05) is 35.8 Å². The molecule has 0 saturated carbocycles. The number of aryl methyl sites for hydroxylation is 2. The molecular formula is C28H32N2O4. The van der Waals surface area contributed by atoms with Crippen LogP contribution in [0.3, 0.4) is 0 Å². The van der Waals surface area contributed by atoms with Crippen LogP contribution < -0.4 is 0 Å². The van der Waals surface area contributed by atoms with Gasteiger partial charge in [-0.3, -0.25) is 9.80 Å². The highest BCUT2D eigenvalue weighted by molar-refractivity contribution is 5.76. The highest BCUT2D eigenvalue weighted by Gasteiger charge is 2.65. The molecule has 2 aliphatic heterocycles. The molecule has 4 aliphatic rings. The molecule has 4 atom stereocenters. The summed E-state index contributed by atoms with van der Waals surface area (Å²) < 4.78 is 12.1. The van der Waals surface area contributed by atoms with Gasteiger partial charge in [-0.1, -0.05) is 48.5 Å². The van der Waals surface area contributed by atoms with Gasteiger partial charge in [0.25, 0.3) is 0 Å². The van der Waals surface area contributed by atoms with Crippen LogP contribution in [-0.2, 0) is 33.4 Å². The summed E-state index contributed by atoms with van der Waals surface area (Å²) in [5.74, 6) is 0. The summed E-state index contributed by atoms with van der Waals surface area (Å²) in [5, 5.41) is 0. The number of nitrogens with zero attached hydrogens (tertiary/aromatic N) is 2. The summed E-state index contributed by atoms with van der Waals surface area (Å²) in [6.45, 7) is 9.06. The molecule has 0 bridgehead atoms. The van der Waals surface area contributed by atoms with Crippen LogP contribution in [0.2, 0.25) is 0 Å². The number of rotatable bonds is 3. The molecule has 0 aromatic heterocycles. The van der Waals surface area contributed by atoms with Crippen molar-refractivity contribution in [1.82, 2.24) is 9.80 Å². The maximum atomic E-state index is 13.2. The third kappa shape index (κ3) is 2.46. The predicted molar refractivity (Wildman–Crippen MR) is 127 cm³/mol. The second kappa shape index (κ2) is 6.77. The van der Waals surface area contributed by atoms with Gasteiger partial charge in [0.2, 0.25) is 0 Å². The summed E-state index contributed by atoms with van der Waals surface area (Å²) in [4.78, 5) is 30.2. The Bertz CT molecular complexity index is 1120. The lowest BCUT2D eigenvalue weighted by Gasteiger charge is -2.48. The molecule has 0 spiro atoms. The Morgan fingerprint density at radius 1 is 0.676 bits per heavy atom. The molecule has 0 unspecified atom stereocenters. The van der Waals surface area contributed by atoms with Gasteiger partial charge in [0.15, 0.2) is 0 Å². The zero-order valence-electron chi connectivity index (χ0n) is 20.4. The van der Waals surface area contributed by atoms with Crippen LogP contribution in [0.25, 0.3) is 0 Å². The van der Waals surface area contributed by atoms with E-state index in [1.54, 1.807) is 0 Å². The third-order valence-electron chi connectivity index (χ3n) is 9.58. The van der Waals surface area contributed by atoms with Crippen molar-refractivity contribution >= 4 is 12.2 Å². The monoisotopic (exact) mass is 460 g/mol. The van der Waals surface area contributed by atoms with Crippen molar-refractivity contribution in [3.63, 3.8) is 0 Å². The minimum atomic E-state index is -0.611. The molecule has 0 N–H and O–H groups in total. The SMILES string of the molecule is C[C@]12CCc3ccccc3[C@]1(C)N(CCN1C(=O)O[C@@]3(C)CCc4ccccc4[C@]13C)C(=O)O2. The molecule has 0 radical (unpaired) electrons. The Kier molecular flexibility index (Phi) is 4.28. The number of hydrogen-bond donors (Lipinski definition) is 0. The fourth-order valence-electron chi connectivity index (χ4n) is 7.08. The van der Waals surface area contributed by atoms with E-state index in [0.717, 1.165) is 36.8 Å². The van der Waals surface area contributed by atoms with E-state index in [2.05, 4.69) is 50.2 Å². The molecule has 178 valence electrons. The Morgan fingerprint density at radius 2 is 1.06 bits per heavy atom. The molecule has 6 nitrogen and oxygen atoms in total. The van der Waals surface area contributed by atoms with Crippen molar-refractivity contribution in [1.29, 1.82) is 0 Å². The first-order chi connectivity index (χ1) is 16.1. The van der Waals surface area contributed by atoms with Gasteiger partial charge in [-0.15, -0.1) is 0 Å². The van der Waals surface area contributed by atoms with Crippen LogP contribution in [0.5, 0.6) is 0 Å². The standard InChI is InChI=1S/C28H32N2O4/c1-25-15-13-19-9-5-7-11-21(19)27(25,3)29(23(31)33-25)17-18-30-24(32)34-26(2)16-14-20-10-6-8-12-22(20)28(26,30)4/h5-12H,13-18H2,1-4H3/t25-,26-,27-,28-/m0/s1. The van der Waals surface area contributed by atoms with Crippen LogP contribution in [0.15, 0.2) is 48.5 Å². The average molecular weight is 461 g/mol. The highest BCUT2D eigenvalue weighted by atomic mass is 16.6. The predicted octanol–water partition coefficient (Wildman–Crippen LogP) is 5.13. The highest BCUT2D eigenvalue weighted by Crippen LogP contribution is 2.55. The molecule has 6 heteroatoms. The number of carbonyl (C=O) groups excluding carboxylic acids is 2. The van der Waals surface area contributed by atoms with E-state index in [9.17, 15) is 9.59 Å². The van der Waals surface area contributed by atoms with Gasteiger partial charge in [-0.05, 0) is 75.6 Å². The lowest BCUT2D eigenvalue weighted by Crippen LogP contribution is -2.58. The summed E-state index contributed by atoms with van der Waals surface area (Å²) in [5.41, 5.74) is 2.36. The fraction of sp³-hybridized carbons (Fsp3) is 0.500. The average Bonchev–Trinajstić information content (AvgIpc) is 3.15. The van der Waals surface area contributed by atoms with E-state index in [1.165, 1.54) is 11.1 Å². The van der Waals surface area contributed by atoms with Crippen molar-refractivity contribution in [3.05, 3.63) is 70.8 Å². The van der Waals surface area contributed by atoms with E-state index in [-0.39, 0.29) is 12.2 Å². The topological polar surface area (TPSA) is 59.1 Å². The molecule has 2 heterocycles. The van der Waals surface area contributed by atoms with Gasteiger partial charge in [-0.2, -0.15) is 0 Å². The maximum absolute atomic E-state index is 13.2. The van der Waals surface area contributed by atoms with Gasteiger partial charge in [0, 0.05) is 13.1 Å². The van der Waals surface area contributed by atoms with Crippen LogP contribution in [0.1, 0.15) is 62.8 Å². The minimum absolute atomic E-state index is 0.314. The van der Waals surface area contributed by atoms with Crippen LogP contribution >= 0.6 is 0 Å². The first kappa shape index (κ1) is 21.5. The van der Waals surface area contributed by atoms with Crippen molar-refractivity contribution in [2.24, 2.45) is 0 Å². The van der Waals surface area contributed by atoms with Crippen molar-refractivity contribution in [3.8, 4) is 0 Å². The van der Waals surface area contributed by atoms with Crippen molar-refractivity contribution in [2.75, 3.05) is 13.1 Å². The Labute approximate surface area is 200 Å². The quantitative estimate of drug-likeness (QED) is 0.637. The second-order valence-electron chi connectivity index (χ2n) is 11.0. The van der Waals surface area contributed by atoms with Crippen molar-refractivity contribution in [2.45, 2.75) is 75.7 Å². The largest absolute Gasteiger partial charge is 0.440 e. The van der Waals surface area contributed by atoms with Crippen LogP contribution in [-0.4, -0.2) is 46.3 Å². The molecule has 2 aromatic rings. The zero-order chi connectivity index (χ0) is 23.9. The molecule has 2 aliphatic carbocycles. The van der Waals surface area contributed by atoms with Gasteiger partial charge < -0.3 is 9.47 Å².